The number of nitrogens with one attached hydrogen (secondary N) is 1. The van der Waals surface area contributed by atoms with Crippen molar-refractivity contribution >= 4 is 24.0 Å². The molecule has 0 amide bonds. The summed E-state index contributed by atoms with van der Waals surface area (Å²) >= 11 is 7.47. The van der Waals surface area contributed by atoms with Gasteiger partial charge < -0.3 is 9.55 Å². The summed E-state index contributed by atoms with van der Waals surface area (Å²) in [4.78, 5) is 3.18. The third-order valence-electron chi connectivity index (χ3n) is 3.15. The van der Waals surface area contributed by atoms with E-state index in [1.807, 2.05) is 0 Å². The van der Waals surface area contributed by atoms with Crippen LogP contribution in [-0.4, -0.2) is 20.6 Å². The van der Waals surface area contributed by atoms with Gasteiger partial charge in [0.05, 0.1) is 0 Å². The van der Waals surface area contributed by atoms with Gasteiger partial charge in [-0.05, 0) is 36.7 Å². The molecule has 90 valence electrons. The first-order chi connectivity index (χ1) is 7.68. The van der Waals surface area contributed by atoms with E-state index in [9.17, 15) is 0 Å². The minimum Gasteiger partial charge on any atom is -0.337 e. The van der Waals surface area contributed by atoms with Crippen molar-refractivity contribution in [2.24, 2.45) is 0 Å². The van der Waals surface area contributed by atoms with Crippen molar-refractivity contribution in [2.45, 2.75) is 50.8 Å². The Morgan fingerprint density at radius 3 is 3.00 bits per heavy atom. The van der Waals surface area contributed by atoms with E-state index >= 15 is 0 Å². The molecular formula is C12H20N2S2. The summed E-state index contributed by atoms with van der Waals surface area (Å²) in [5.41, 5.74) is 1.34. The van der Waals surface area contributed by atoms with E-state index in [-0.39, 0.29) is 0 Å². The molecule has 4 heteroatoms. The van der Waals surface area contributed by atoms with Gasteiger partial charge in [-0.1, -0.05) is 20.3 Å². The van der Waals surface area contributed by atoms with Gasteiger partial charge in [0.25, 0.3) is 0 Å². The fourth-order valence-corrected chi connectivity index (χ4v) is 3.76. The van der Waals surface area contributed by atoms with Gasteiger partial charge in [0.2, 0.25) is 0 Å². The smallest absolute Gasteiger partial charge is 0.177 e. The molecule has 0 spiro atoms. The molecule has 2 heterocycles. The number of hydrogen-bond donors (Lipinski definition) is 1. The lowest BCUT2D eigenvalue weighted by molar-refractivity contribution is 0.556. The zero-order chi connectivity index (χ0) is 11.5. The quantitative estimate of drug-likeness (QED) is 0.826. The van der Waals surface area contributed by atoms with Crippen molar-refractivity contribution < 1.29 is 0 Å². The Balaban J connectivity index is 2.13. The highest BCUT2D eigenvalue weighted by Gasteiger charge is 2.17. The lowest BCUT2D eigenvalue weighted by atomic mass is 10.1. The minimum atomic E-state index is 0.543. The van der Waals surface area contributed by atoms with Gasteiger partial charge in [0.15, 0.2) is 4.77 Å². The number of aromatic amines is 1. The first-order valence-corrected chi connectivity index (χ1v) is 7.54. The zero-order valence-electron chi connectivity index (χ0n) is 10.0. The molecule has 1 aliphatic heterocycles. The van der Waals surface area contributed by atoms with Gasteiger partial charge >= 0.3 is 0 Å². The van der Waals surface area contributed by atoms with Crippen LogP contribution in [0.15, 0.2) is 6.20 Å². The van der Waals surface area contributed by atoms with Crippen molar-refractivity contribution in [1.29, 1.82) is 0 Å². The van der Waals surface area contributed by atoms with Crippen LogP contribution in [0, 0.1) is 4.77 Å². The second-order valence-corrected chi connectivity index (χ2v) is 6.57. The zero-order valence-corrected chi connectivity index (χ0v) is 11.7. The number of nitrogens with zero attached hydrogens (tertiary/aromatic N) is 1. The molecule has 1 fully saturated rings. The fourth-order valence-electron chi connectivity index (χ4n) is 2.23. The van der Waals surface area contributed by atoms with Gasteiger partial charge in [-0.3, -0.25) is 0 Å². The molecule has 1 atom stereocenters. The number of thioether (sulfide) groups is 1. The average molecular weight is 256 g/mol. The van der Waals surface area contributed by atoms with Crippen LogP contribution in [0.4, 0.5) is 0 Å². The molecule has 1 N–H and O–H groups in total. The van der Waals surface area contributed by atoms with Gasteiger partial charge in [0.1, 0.15) is 0 Å². The maximum atomic E-state index is 5.36. The number of rotatable bonds is 3. The van der Waals surface area contributed by atoms with E-state index in [0.29, 0.717) is 5.92 Å². The van der Waals surface area contributed by atoms with Crippen LogP contribution in [0.3, 0.4) is 0 Å². The summed E-state index contributed by atoms with van der Waals surface area (Å²) in [7, 11) is 0. The predicted molar refractivity (Wildman–Crippen MR) is 73.8 cm³/mol. The van der Waals surface area contributed by atoms with E-state index < -0.39 is 0 Å². The maximum absolute atomic E-state index is 5.36. The summed E-state index contributed by atoms with van der Waals surface area (Å²) in [5.74, 6) is 1.86. The summed E-state index contributed by atoms with van der Waals surface area (Å²) in [6.07, 6.45) is 6.18. The van der Waals surface area contributed by atoms with Gasteiger partial charge in [-0.15, -0.1) is 0 Å². The second kappa shape index (κ2) is 5.41. The largest absolute Gasteiger partial charge is 0.337 e. The molecule has 1 aromatic rings. The van der Waals surface area contributed by atoms with Crippen LogP contribution in [0.2, 0.25) is 0 Å². The standard InChI is InChI=1S/C12H20N2S2/c1-9(2)11-7-13-12(15)14(11)8-10-5-3-4-6-16-10/h7,9-10H,3-6,8H2,1-2H3,(H,13,15). The highest BCUT2D eigenvalue weighted by Crippen LogP contribution is 2.27. The van der Waals surface area contributed by atoms with E-state index in [2.05, 4.69) is 41.4 Å². The van der Waals surface area contributed by atoms with Crippen LogP contribution in [0.1, 0.15) is 44.7 Å². The van der Waals surface area contributed by atoms with Crippen LogP contribution in [0.25, 0.3) is 0 Å². The Labute approximate surface area is 107 Å². The molecule has 0 aliphatic carbocycles. The summed E-state index contributed by atoms with van der Waals surface area (Å²) < 4.78 is 3.18. The lowest BCUT2D eigenvalue weighted by Gasteiger charge is -2.23. The number of H-pyrrole nitrogens is 1. The maximum Gasteiger partial charge on any atom is 0.177 e. The lowest BCUT2D eigenvalue weighted by Crippen LogP contribution is -2.18. The summed E-state index contributed by atoms with van der Waals surface area (Å²) in [5, 5.41) is 0.758. The normalized spacial score (nSPS) is 21.6. The first kappa shape index (κ1) is 12.2. The topological polar surface area (TPSA) is 20.7 Å². The molecule has 0 saturated carbocycles. The van der Waals surface area contributed by atoms with E-state index in [1.54, 1.807) is 0 Å². The van der Waals surface area contributed by atoms with E-state index in [0.717, 1.165) is 16.6 Å². The van der Waals surface area contributed by atoms with Crippen molar-refractivity contribution in [3.05, 3.63) is 16.7 Å². The van der Waals surface area contributed by atoms with E-state index in [4.69, 9.17) is 12.2 Å². The summed E-state index contributed by atoms with van der Waals surface area (Å²) in [6, 6.07) is 0. The molecule has 1 aromatic heterocycles. The molecular weight excluding hydrogens is 236 g/mol. The fraction of sp³-hybridized carbons (Fsp3) is 0.750. The van der Waals surface area contributed by atoms with Crippen LogP contribution < -0.4 is 0 Å². The number of aromatic nitrogens is 2. The second-order valence-electron chi connectivity index (χ2n) is 4.77. The van der Waals surface area contributed by atoms with Crippen LogP contribution >= 0.6 is 24.0 Å². The molecule has 0 aromatic carbocycles. The number of hydrogen-bond acceptors (Lipinski definition) is 2. The Hall–Kier alpha value is -0.220. The van der Waals surface area contributed by atoms with Gasteiger partial charge in [-0.2, -0.15) is 11.8 Å². The summed E-state index contributed by atoms with van der Waals surface area (Å²) in [6.45, 7) is 5.53. The SMILES string of the molecule is CC(C)c1c[nH]c(=S)n1CC1CCCCS1. The van der Waals surface area contributed by atoms with Crippen LogP contribution in [0.5, 0.6) is 0 Å². The molecule has 2 rings (SSSR count). The van der Waals surface area contributed by atoms with Crippen molar-refractivity contribution in [2.75, 3.05) is 5.75 Å². The average Bonchev–Trinajstić information content (AvgIpc) is 2.62. The highest BCUT2D eigenvalue weighted by atomic mass is 32.2. The van der Waals surface area contributed by atoms with E-state index in [1.165, 1.54) is 30.7 Å². The van der Waals surface area contributed by atoms with Gasteiger partial charge in [0, 0.05) is 23.7 Å². The monoisotopic (exact) mass is 256 g/mol. The molecule has 1 saturated heterocycles. The predicted octanol–water partition coefficient (Wildman–Crippen LogP) is 3.95. The van der Waals surface area contributed by atoms with Crippen LogP contribution in [-0.2, 0) is 6.54 Å². The van der Waals surface area contributed by atoms with Crippen molar-refractivity contribution in [3.8, 4) is 0 Å². The Morgan fingerprint density at radius 2 is 2.38 bits per heavy atom. The Morgan fingerprint density at radius 1 is 1.56 bits per heavy atom. The molecule has 16 heavy (non-hydrogen) atoms. The van der Waals surface area contributed by atoms with Gasteiger partial charge in [-0.25, -0.2) is 0 Å². The minimum absolute atomic E-state index is 0.543. The molecule has 1 aliphatic rings. The van der Waals surface area contributed by atoms with Crippen molar-refractivity contribution in [1.82, 2.24) is 9.55 Å². The highest BCUT2D eigenvalue weighted by molar-refractivity contribution is 7.99. The Bertz CT molecular complexity index is 386. The molecule has 2 nitrogen and oxygen atoms in total. The molecule has 1 unspecified atom stereocenters. The number of imidazole rings is 1. The third-order valence-corrected chi connectivity index (χ3v) is 4.87. The third kappa shape index (κ3) is 2.72. The molecule has 0 radical (unpaired) electrons. The Kier molecular flexibility index (Phi) is 4.14. The first-order valence-electron chi connectivity index (χ1n) is 6.08. The van der Waals surface area contributed by atoms with Crippen molar-refractivity contribution in [3.63, 3.8) is 0 Å². The molecule has 0 bridgehead atoms.